The van der Waals surface area contributed by atoms with Crippen LogP contribution in [-0.4, -0.2) is 17.6 Å². The number of benzene rings is 1. The zero-order valence-electron chi connectivity index (χ0n) is 11.2. The van der Waals surface area contributed by atoms with Crippen molar-refractivity contribution in [3.05, 3.63) is 48.8 Å². The Morgan fingerprint density at radius 1 is 1.20 bits per heavy atom. The minimum absolute atomic E-state index is 0.195. The minimum Gasteiger partial charge on any atom is -0.461 e. The molecule has 3 rings (SSSR count). The first-order valence-corrected chi connectivity index (χ1v) is 6.61. The van der Waals surface area contributed by atoms with Gasteiger partial charge in [0.2, 0.25) is 12.1 Å². The van der Waals surface area contributed by atoms with Gasteiger partial charge in [0.05, 0.1) is 6.61 Å². The Morgan fingerprint density at radius 3 is 2.85 bits per heavy atom. The maximum Gasteiger partial charge on any atom is 0.372 e. The molecule has 1 aromatic carbocycles. The van der Waals surface area contributed by atoms with Crippen molar-refractivity contribution in [3.8, 4) is 0 Å². The van der Waals surface area contributed by atoms with E-state index in [0.717, 1.165) is 21.8 Å². The van der Waals surface area contributed by atoms with E-state index in [4.69, 9.17) is 4.74 Å². The van der Waals surface area contributed by atoms with Gasteiger partial charge in [0.25, 0.3) is 0 Å². The highest BCUT2D eigenvalue weighted by atomic mass is 16.5. The molecular formula is C16H15N2O2+. The predicted octanol–water partition coefficient (Wildman–Crippen LogP) is 2.24. The molecule has 20 heavy (non-hydrogen) atoms. The summed E-state index contributed by atoms with van der Waals surface area (Å²) in [5.41, 5.74) is 1.86. The number of nitrogens with zero attached hydrogens (tertiary/aromatic N) is 2. The van der Waals surface area contributed by atoms with Gasteiger partial charge in [0.15, 0.2) is 6.20 Å². The molecule has 4 nitrogen and oxygen atoms in total. The Morgan fingerprint density at radius 2 is 2.00 bits per heavy atom. The molecular weight excluding hydrogens is 252 g/mol. The molecule has 0 aliphatic rings. The topological polar surface area (TPSA) is 43.1 Å². The van der Waals surface area contributed by atoms with E-state index >= 15 is 0 Å². The highest BCUT2D eigenvalue weighted by molar-refractivity contribution is 6.00. The van der Waals surface area contributed by atoms with Gasteiger partial charge in [-0.15, -0.1) is 0 Å². The number of fused-ring (bicyclic) bond motifs is 3. The summed E-state index contributed by atoms with van der Waals surface area (Å²) in [6.45, 7) is 2.40. The SMILES string of the molecule is CCOC(=O)C[n+]1cccc2ccc3cccnc3c21. The molecule has 0 atom stereocenters. The van der Waals surface area contributed by atoms with Crippen LogP contribution in [0.15, 0.2) is 48.8 Å². The molecule has 0 unspecified atom stereocenters. The fourth-order valence-corrected chi connectivity index (χ4v) is 2.38. The number of carbonyl (C=O) groups excluding carboxylic acids is 1. The standard InChI is InChI=1S/C16H15N2O2/c1-2-20-14(19)11-18-10-4-6-13-8-7-12-5-3-9-17-15(12)16(13)18/h3-10H,2,11H2,1H3/q+1. The van der Waals surface area contributed by atoms with Crippen LogP contribution in [-0.2, 0) is 16.1 Å². The highest BCUT2D eigenvalue weighted by Gasteiger charge is 2.17. The largest absolute Gasteiger partial charge is 0.461 e. The lowest BCUT2D eigenvalue weighted by molar-refractivity contribution is -0.659. The zero-order chi connectivity index (χ0) is 13.9. The molecule has 0 radical (unpaired) electrons. The molecule has 0 spiro atoms. The van der Waals surface area contributed by atoms with Gasteiger partial charge < -0.3 is 4.74 Å². The maximum atomic E-state index is 11.7. The van der Waals surface area contributed by atoms with Crippen LogP contribution in [0.2, 0.25) is 0 Å². The van der Waals surface area contributed by atoms with Gasteiger partial charge in [0, 0.05) is 23.0 Å². The second-order valence-corrected chi connectivity index (χ2v) is 4.52. The lowest BCUT2D eigenvalue weighted by Crippen LogP contribution is -2.39. The third-order valence-electron chi connectivity index (χ3n) is 3.21. The van der Waals surface area contributed by atoms with Crippen LogP contribution in [0.25, 0.3) is 21.8 Å². The van der Waals surface area contributed by atoms with Crippen molar-refractivity contribution in [1.82, 2.24) is 4.98 Å². The molecule has 0 N–H and O–H groups in total. The summed E-state index contributed by atoms with van der Waals surface area (Å²) >= 11 is 0. The van der Waals surface area contributed by atoms with Gasteiger partial charge >= 0.3 is 5.97 Å². The lowest BCUT2D eigenvalue weighted by atomic mass is 10.1. The number of esters is 1. The van der Waals surface area contributed by atoms with Crippen LogP contribution in [0.4, 0.5) is 0 Å². The van der Waals surface area contributed by atoms with Crippen molar-refractivity contribution in [2.24, 2.45) is 0 Å². The predicted molar refractivity (Wildman–Crippen MR) is 76.1 cm³/mol. The van der Waals surface area contributed by atoms with Crippen LogP contribution < -0.4 is 4.57 Å². The Balaban J connectivity index is 2.21. The molecule has 2 aromatic heterocycles. The second kappa shape index (κ2) is 5.25. The molecule has 100 valence electrons. The molecule has 0 amide bonds. The van der Waals surface area contributed by atoms with E-state index in [-0.39, 0.29) is 12.5 Å². The van der Waals surface area contributed by atoms with Crippen LogP contribution in [0, 0.1) is 0 Å². The normalized spacial score (nSPS) is 10.8. The summed E-state index contributed by atoms with van der Waals surface area (Å²) in [5.74, 6) is -0.238. The first-order valence-electron chi connectivity index (χ1n) is 6.61. The van der Waals surface area contributed by atoms with Crippen molar-refractivity contribution < 1.29 is 14.1 Å². The molecule has 0 fully saturated rings. The smallest absolute Gasteiger partial charge is 0.372 e. The number of ether oxygens (including phenoxy) is 1. The van der Waals surface area contributed by atoms with Gasteiger partial charge in [-0.1, -0.05) is 12.1 Å². The summed E-state index contributed by atoms with van der Waals surface area (Å²) < 4.78 is 6.92. The molecule has 0 saturated carbocycles. The molecule has 0 aliphatic heterocycles. The Kier molecular flexibility index (Phi) is 3.29. The van der Waals surface area contributed by atoms with Crippen molar-refractivity contribution >= 4 is 27.8 Å². The van der Waals surface area contributed by atoms with E-state index in [0.29, 0.717) is 6.61 Å². The third-order valence-corrected chi connectivity index (χ3v) is 3.21. The second-order valence-electron chi connectivity index (χ2n) is 4.52. The van der Waals surface area contributed by atoms with Gasteiger partial charge in [-0.2, -0.15) is 4.57 Å². The minimum atomic E-state index is -0.238. The van der Waals surface area contributed by atoms with Crippen LogP contribution in [0.3, 0.4) is 0 Å². The van der Waals surface area contributed by atoms with Crippen LogP contribution in [0.1, 0.15) is 6.92 Å². The fourth-order valence-electron chi connectivity index (χ4n) is 2.38. The van der Waals surface area contributed by atoms with E-state index in [1.165, 1.54) is 0 Å². The summed E-state index contributed by atoms with van der Waals surface area (Å²) in [6, 6.07) is 12.0. The van der Waals surface area contributed by atoms with Crippen molar-refractivity contribution in [1.29, 1.82) is 0 Å². The average molecular weight is 267 g/mol. The molecule has 0 saturated heterocycles. The first-order chi connectivity index (χ1) is 9.79. The monoisotopic (exact) mass is 267 g/mol. The number of pyridine rings is 2. The number of carbonyl (C=O) groups is 1. The number of hydrogen-bond donors (Lipinski definition) is 0. The average Bonchev–Trinajstić information content (AvgIpc) is 2.47. The molecule has 2 heterocycles. The Hall–Kier alpha value is -2.49. The van der Waals surface area contributed by atoms with Gasteiger partial charge in [-0.05, 0) is 25.1 Å². The number of hydrogen-bond acceptors (Lipinski definition) is 3. The molecule has 0 bridgehead atoms. The number of aromatic nitrogens is 2. The van der Waals surface area contributed by atoms with E-state index in [1.807, 2.05) is 54.1 Å². The van der Waals surface area contributed by atoms with Crippen LogP contribution >= 0.6 is 0 Å². The van der Waals surface area contributed by atoms with E-state index in [9.17, 15) is 4.79 Å². The molecule has 0 aliphatic carbocycles. The van der Waals surface area contributed by atoms with Crippen LogP contribution in [0.5, 0.6) is 0 Å². The summed E-state index contributed by atoms with van der Waals surface area (Å²) in [5, 5.41) is 2.12. The van der Waals surface area contributed by atoms with E-state index < -0.39 is 0 Å². The third kappa shape index (κ3) is 2.20. The molecule has 3 aromatic rings. The molecule has 4 heteroatoms. The summed E-state index contributed by atoms with van der Waals surface area (Å²) in [4.78, 5) is 16.2. The Labute approximate surface area is 116 Å². The zero-order valence-corrected chi connectivity index (χ0v) is 11.2. The van der Waals surface area contributed by atoms with Gasteiger partial charge in [-0.3, -0.25) is 0 Å². The quantitative estimate of drug-likeness (QED) is 0.415. The van der Waals surface area contributed by atoms with Gasteiger partial charge in [-0.25, -0.2) is 9.78 Å². The van der Waals surface area contributed by atoms with E-state index in [1.54, 1.807) is 6.20 Å². The summed E-state index contributed by atoms with van der Waals surface area (Å²) in [7, 11) is 0. The van der Waals surface area contributed by atoms with Crippen molar-refractivity contribution in [2.45, 2.75) is 13.5 Å². The fraction of sp³-hybridized carbons (Fsp3) is 0.188. The highest BCUT2D eigenvalue weighted by Crippen LogP contribution is 2.20. The van der Waals surface area contributed by atoms with Crippen molar-refractivity contribution in [3.63, 3.8) is 0 Å². The lowest BCUT2D eigenvalue weighted by Gasteiger charge is -2.04. The number of rotatable bonds is 3. The first kappa shape index (κ1) is 12.5. The summed E-state index contributed by atoms with van der Waals surface area (Å²) in [6.07, 6.45) is 3.65. The Bertz CT molecular complexity index is 784. The van der Waals surface area contributed by atoms with Crippen molar-refractivity contribution in [2.75, 3.05) is 6.61 Å². The van der Waals surface area contributed by atoms with E-state index in [2.05, 4.69) is 4.98 Å². The van der Waals surface area contributed by atoms with Gasteiger partial charge in [0.1, 0.15) is 5.52 Å². The maximum absolute atomic E-state index is 11.7.